The highest BCUT2D eigenvalue weighted by Gasteiger charge is 2.17. The fourth-order valence-corrected chi connectivity index (χ4v) is 0.272. The summed E-state index contributed by atoms with van der Waals surface area (Å²) in [6.45, 7) is 1.23. The van der Waals surface area contributed by atoms with Crippen LogP contribution in [0.1, 0.15) is 0 Å². The Morgan fingerprint density at radius 3 is 2.50 bits per heavy atom. The van der Waals surface area contributed by atoms with E-state index in [0.29, 0.717) is 13.2 Å². The van der Waals surface area contributed by atoms with Crippen molar-refractivity contribution in [3.63, 3.8) is 0 Å². The molecule has 1 unspecified atom stereocenters. The van der Waals surface area contributed by atoms with Crippen molar-refractivity contribution < 1.29 is 9.78 Å². The minimum Gasteiger partial charge on any atom is -0.328 e. The van der Waals surface area contributed by atoms with E-state index in [1.54, 1.807) is 0 Å². The molecule has 1 rings (SSSR count). The highest BCUT2D eigenvalue weighted by molar-refractivity contribution is 4.57. The van der Waals surface area contributed by atoms with E-state index in [0.717, 1.165) is 0 Å². The van der Waals surface area contributed by atoms with Gasteiger partial charge in [-0.25, -0.2) is 9.78 Å². The summed E-state index contributed by atoms with van der Waals surface area (Å²) in [6.07, 6.45) is 0.171. The van der Waals surface area contributed by atoms with Gasteiger partial charge in [-0.05, 0) is 0 Å². The molecule has 3 heteroatoms. The van der Waals surface area contributed by atoms with Crippen LogP contribution in [0, 0.1) is 0 Å². The first kappa shape index (κ1) is 4.05. The molecular formula is C3H7NO2. The van der Waals surface area contributed by atoms with E-state index in [1.807, 2.05) is 0 Å². The third-order valence-electron chi connectivity index (χ3n) is 0.721. The predicted octanol–water partition coefficient (Wildman–Crippen LogP) is -0.725. The summed E-state index contributed by atoms with van der Waals surface area (Å²) in [5, 5.41) is 0. The van der Waals surface area contributed by atoms with Gasteiger partial charge in [-0.3, -0.25) is 0 Å². The van der Waals surface area contributed by atoms with Gasteiger partial charge in [0, 0.05) is 6.54 Å². The van der Waals surface area contributed by atoms with Gasteiger partial charge in [0.15, 0.2) is 0 Å². The normalized spacial score (nSPS) is 32.5. The average Bonchev–Trinajstić information content (AvgIpc) is 1.31. The molecule has 0 aliphatic carbocycles. The summed E-state index contributed by atoms with van der Waals surface area (Å²) in [6, 6.07) is 0. The maximum Gasteiger partial charge on any atom is 0.131 e. The van der Waals surface area contributed by atoms with Crippen LogP contribution in [-0.4, -0.2) is 19.3 Å². The molecule has 1 aliphatic rings. The Hall–Kier alpha value is -0.120. The molecule has 0 aromatic heterocycles. The minimum atomic E-state index is 0.171. The predicted molar refractivity (Wildman–Crippen MR) is 19.9 cm³/mol. The third kappa shape index (κ3) is 0.518. The van der Waals surface area contributed by atoms with Crippen LogP contribution in [0.15, 0.2) is 0 Å². The number of hydrogen-bond donors (Lipinski definition) is 1. The van der Waals surface area contributed by atoms with Crippen LogP contribution in [0.5, 0.6) is 0 Å². The van der Waals surface area contributed by atoms with E-state index < -0.39 is 0 Å². The zero-order chi connectivity index (χ0) is 4.41. The number of hydrogen-bond acceptors (Lipinski definition) is 3. The van der Waals surface area contributed by atoms with Crippen LogP contribution in [0.3, 0.4) is 0 Å². The zero-order valence-corrected chi connectivity index (χ0v) is 3.39. The van der Waals surface area contributed by atoms with E-state index in [4.69, 9.17) is 5.73 Å². The van der Waals surface area contributed by atoms with Gasteiger partial charge >= 0.3 is 0 Å². The first-order chi connectivity index (χ1) is 2.93. The zero-order valence-electron chi connectivity index (χ0n) is 3.39. The molecular weight excluding hydrogens is 82.0 g/mol. The van der Waals surface area contributed by atoms with Crippen molar-refractivity contribution in [3.8, 4) is 0 Å². The summed E-state index contributed by atoms with van der Waals surface area (Å²) in [5.74, 6) is 0. The molecule has 0 bridgehead atoms. The van der Waals surface area contributed by atoms with Gasteiger partial charge in [0.25, 0.3) is 0 Å². The molecule has 1 heterocycles. The molecule has 0 amide bonds. The van der Waals surface area contributed by atoms with Gasteiger partial charge in [0.1, 0.15) is 12.7 Å². The lowest BCUT2D eigenvalue weighted by Crippen LogP contribution is -2.37. The summed E-state index contributed by atoms with van der Waals surface area (Å²) >= 11 is 0. The molecule has 0 aromatic rings. The molecule has 3 nitrogen and oxygen atoms in total. The van der Waals surface area contributed by atoms with Crippen molar-refractivity contribution in [2.45, 2.75) is 6.10 Å². The molecule has 0 radical (unpaired) electrons. The Bertz CT molecular complexity index is 41.3. The molecule has 0 aromatic carbocycles. The summed E-state index contributed by atoms with van der Waals surface area (Å²) in [4.78, 5) is 8.80. The van der Waals surface area contributed by atoms with Crippen LogP contribution in [0.2, 0.25) is 0 Å². The molecule has 0 saturated carbocycles. The van der Waals surface area contributed by atoms with Crippen molar-refractivity contribution in [2.75, 3.05) is 13.2 Å². The van der Waals surface area contributed by atoms with Crippen LogP contribution in [-0.2, 0) is 9.78 Å². The fraction of sp³-hybridized carbons (Fsp3) is 1.00. The lowest BCUT2D eigenvalue weighted by Gasteiger charge is -2.21. The quantitative estimate of drug-likeness (QED) is 0.431. The second-order valence-electron chi connectivity index (χ2n) is 1.24. The van der Waals surface area contributed by atoms with Gasteiger partial charge in [-0.1, -0.05) is 0 Å². The Kier molecular flexibility index (Phi) is 1.05. The van der Waals surface area contributed by atoms with Gasteiger partial charge in [0.2, 0.25) is 0 Å². The first-order valence-corrected chi connectivity index (χ1v) is 1.92. The van der Waals surface area contributed by atoms with Crippen LogP contribution < -0.4 is 5.73 Å². The maximum absolute atomic E-state index is 5.13. The molecule has 1 saturated heterocycles. The average molecular weight is 89.1 g/mol. The fourth-order valence-electron chi connectivity index (χ4n) is 0.272. The molecule has 0 spiro atoms. The van der Waals surface area contributed by atoms with Crippen molar-refractivity contribution in [1.29, 1.82) is 0 Å². The lowest BCUT2D eigenvalue weighted by molar-refractivity contribution is -0.420. The van der Waals surface area contributed by atoms with Crippen molar-refractivity contribution >= 4 is 0 Å². The molecule has 1 aliphatic heterocycles. The van der Waals surface area contributed by atoms with E-state index in [-0.39, 0.29) is 6.10 Å². The summed E-state index contributed by atoms with van der Waals surface area (Å²) in [5.41, 5.74) is 5.13. The van der Waals surface area contributed by atoms with Crippen molar-refractivity contribution in [3.05, 3.63) is 0 Å². The van der Waals surface area contributed by atoms with Crippen LogP contribution >= 0.6 is 0 Å². The largest absolute Gasteiger partial charge is 0.328 e. The molecule has 6 heavy (non-hydrogen) atoms. The minimum absolute atomic E-state index is 0.171. The molecule has 36 valence electrons. The monoisotopic (exact) mass is 89.0 g/mol. The topological polar surface area (TPSA) is 44.5 Å². The standard InChI is InChI=1S/C3H7NO2/c4-1-3-2-5-6-3/h3H,1-2,4H2. The molecule has 1 fully saturated rings. The number of nitrogens with two attached hydrogens (primary N) is 1. The SMILES string of the molecule is NCC1COO1. The van der Waals surface area contributed by atoms with E-state index >= 15 is 0 Å². The lowest BCUT2D eigenvalue weighted by atomic mass is 10.4. The van der Waals surface area contributed by atoms with Crippen molar-refractivity contribution in [1.82, 2.24) is 0 Å². The highest BCUT2D eigenvalue weighted by atomic mass is 17.2. The Labute approximate surface area is 36.0 Å². The summed E-state index contributed by atoms with van der Waals surface area (Å²) < 4.78 is 0. The number of rotatable bonds is 1. The maximum atomic E-state index is 5.13. The first-order valence-electron chi connectivity index (χ1n) is 1.92. The summed E-state index contributed by atoms with van der Waals surface area (Å²) in [7, 11) is 0. The van der Waals surface area contributed by atoms with Gasteiger partial charge in [-0.15, -0.1) is 0 Å². The Balaban J connectivity index is 2.01. The van der Waals surface area contributed by atoms with Gasteiger partial charge in [-0.2, -0.15) is 0 Å². The Morgan fingerprint density at radius 2 is 2.50 bits per heavy atom. The Morgan fingerprint density at radius 1 is 1.83 bits per heavy atom. The second kappa shape index (κ2) is 1.55. The highest BCUT2D eigenvalue weighted by Crippen LogP contribution is 2.01. The smallest absolute Gasteiger partial charge is 0.131 e. The molecule has 1 atom stereocenters. The van der Waals surface area contributed by atoms with Gasteiger partial charge in [0.05, 0.1) is 0 Å². The van der Waals surface area contributed by atoms with E-state index in [2.05, 4.69) is 9.78 Å². The van der Waals surface area contributed by atoms with E-state index in [1.165, 1.54) is 0 Å². The van der Waals surface area contributed by atoms with Crippen LogP contribution in [0.4, 0.5) is 0 Å². The van der Waals surface area contributed by atoms with Crippen molar-refractivity contribution in [2.24, 2.45) is 5.73 Å². The third-order valence-corrected chi connectivity index (χ3v) is 0.721. The molecule has 2 N–H and O–H groups in total. The van der Waals surface area contributed by atoms with Gasteiger partial charge < -0.3 is 5.73 Å². The second-order valence-corrected chi connectivity index (χ2v) is 1.24. The van der Waals surface area contributed by atoms with E-state index in [9.17, 15) is 0 Å². The van der Waals surface area contributed by atoms with Crippen LogP contribution in [0.25, 0.3) is 0 Å².